The van der Waals surface area contributed by atoms with E-state index in [0.29, 0.717) is 0 Å². The summed E-state index contributed by atoms with van der Waals surface area (Å²) in [4.78, 5) is 0. The molecule has 0 saturated heterocycles. The van der Waals surface area contributed by atoms with Gasteiger partial charge in [-0.1, -0.05) is 83.1 Å². The van der Waals surface area contributed by atoms with Crippen molar-refractivity contribution in [2.45, 2.75) is 152 Å². The van der Waals surface area contributed by atoms with E-state index in [0.717, 1.165) is 23.7 Å². The van der Waals surface area contributed by atoms with Crippen LogP contribution in [0, 0.1) is 0 Å². The second-order valence-electron chi connectivity index (χ2n) is 11.6. The van der Waals surface area contributed by atoms with Crippen molar-refractivity contribution in [3.63, 3.8) is 0 Å². The summed E-state index contributed by atoms with van der Waals surface area (Å²) >= 11 is 0. The van der Waals surface area contributed by atoms with Gasteiger partial charge in [0.15, 0.2) is 0 Å². The van der Waals surface area contributed by atoms with Gasteiger partial charge in [-0.05, 0) is 97.3 Å². The maximum Gasteiger partial charge on any atom is 0.0387 e. The summed E-state index contributed by atoms with van der Waals surface area (Å²) in [6.07, 6.45) is 28.4. The van der Waals surface area contributed by atoms with Gasteiger partial charge in [-0.15, -0.1) is 0 Å². The van der Waals surface area contributed by atoms with Gasteiger partial charge in [0, 0.05) is 5.69 Å². The van der Waals surface area contributed by atoms with Crippen LogP contribution in [0.15, 0.2) is 6.07 Å². The zero-order valence-electron chi connectivity index (χ0n) is 20.1. The molecular weight excluding hydrogens is 374 g/mol. The highest BCUT2D eigenvalue weighted by molar-refractivity contribution is 5.64. The molecular formula is C30H47N. The molecule has 0 aliphatic heterocycles. The molecule has 5 rings (SSSR count). The third-order valence-electron chi connectivity index (χ3n) is 9.63. The average molecular weight is 422 g/mol. The van der Waals surface area contributed by atoms with Crippen molar-refractivity contribution in [2.24, 2.45) is 0 Å². The Morgan fingerprint density at radius 2 is 0.774 bits per heavy atom. The Hall–Kier alpha value is -0.980. The molecule has 0 unspecified atom stereocenters. The largest absolute Gasteiger partial charge is 0.398 e. The van der Waals surface area contributed by atoms with Crippen molar-refractivity contribution in [1.82, 2.24) is 0 Å². The summed E-state index contributed by atoms with van der Waals surface area (Å²) in [7, 11) is 0. The van der Waals surface area contributed by atoms with Gasteiger partial charge in [0.1, 0.15) is 0 Å². The SMILES string of the molecule is Nc1c(C2CCCCC2)cc(C2CCCCC2)c(C2CCCCC2)c1C1CCCCC1. The lowest BCUT2D eigenvalue weighted by Crippen LogP contribution is -2.21. The van der Waals surface area contributed by atoms with Crippen molar-refractivity contribution in [1.29, 1.82) is 0 Å². The molecule has 4 fully saturated rings. The standard InChI is InChI=1S/C30H47N/c31-30-27(23-15-7-2-8-16-23)21-26(22-13-5-1-6-14-22)28(24-17-9-3-10-18-24)29(30)25-19-11-4-12-20-25/h21-25H,1-20,31H2. The second-order valence-corrected chi connectivity index (χ2v) is 11.6. The number of nitrogen functional groups attached to an aromatic ring is 1. The van der Waals surface area contributed by atoms with E-state index in [1.807, 2.05) is 11.1 Å². The molecule has 1 aromatic carbocycles. The molecule has 2 N–H and O–H groups in total. The molecule has 1 heteroatoms. The molecule has 4 saturated carbocycles. The predicted octanol–water partition coefficient (Wildman–Crippen LogP) is 9.46. The van der Waals surface area contributed by atoms with Crippen LogP contribution >= 0.6 is 0 Å². The Morgan fingerprint density at radius 3 is 1.23 bits per heavy atom. The van der Waals surface area contributed by atoms with E-state index in [-0.39, 0.29) is 0 Å². The molecule has 1 nitrogen and oxygen atoms in total. The van der Waals surface area contributed by atoms with E-state index in [4.69, 9.17) is 5.73 Å². The molecule has 0 atom stereocenters. The quantitative estimate of drug-likeness (QED) is 0.481. The van der Waals surface area contributed by atoms with Crippen LogP contribution in [0.25, 0.3) is 0 Å². The Morgan fingerprint density at radius 1 is 0.419 bits per heavy atom. The fourth-order valence-electron chi connectivity index (χ4n) is 7.96. The van der Waals surface area contributed by atoms with Crippen LogP contribution in [0.4, 0.5) is 5.69 Å². The van der Waals surface area contributed by atoms with E-state index < -0.39 is 0 Å². The number of hydrogen-bond donors (Lipinski definition) is 1. The highest BCUT2D eigenvalue weighted by Gasteiger charge is 2.33. The summed E-state index contributed by atoms with van der Waals surface area (Å²) < 4.78 is 0. The summed E-state index contributed by atoms with van der Waals surface area (Å²) in [5.41, 5.74) is 15.5. The molecule has 0 heterocycles. The molecule has 0 radical (unpaired) electrons. The third kappa shape index (κ3) is 4.72. The average Bonchev–Trinajstić information content (AvgIpc) is 2.86. The van der Waals surface area contributed by atoms with E-state index in [1.54, 1.807) is 11.1 Å². The zero-order valence-corrected chi connectivity index (χ0v) is 20.1. The zero-order chi connectivity index (χ0) is 21.0. The van der Waals surface area contributed by atoms with Crippen LogP contribution in [-0.4, -0.2) is 0 Å². The summed E-state index contributed by atoms with van der Waals surface area (Å²) in [6.45, 7) is 0. The van der Waals surface area contributed by atoms with Gasteiger partial charge in [0.2, 0.25) is 0 Å². The van der Waals surface area contributed by atoms with Crippen molar-refractivity contribution in [3.8, 4) is 0 Å². The fourth-order valence-corrected chi connectivity index (χ4v) is 7.96. The first kappa shape index (κ1) is 21.8. The van der Waals surface area contributed by atoms with Gasteiger partial charge >= 0.3 is 0 Å². The molecule has 1 aromatic rings. The predicted molar refractivity (Wildman–Crippen MR) is 134 cm³/mol. The highest BCUT2D eigenvalue weighted by Crippen LogP contribution is 2.51. The Bertz CT molecular complexity index is 710. The highest BCUT2D eigenvalue weighted by atomic mass is 14.6. The van der Waals surface area contributed by atoms with Crippen molar-refractivity contribution >= 4 is 5.69 Å². The lowest BCUT2D eigenvalue weighted by Gasteiger charge is -2.37. The minimum atomic E-state index is 0.735. The normalized spacial score (nSPS) is 25.7. The lowest BCUT2D eigenvalue weighted by molar-refractivity contribution is 0.402. The van der Waals surface area contributed by atoms with Crippen LogP contribution in [-0.2, 0) is 0 Å². The van der Waals surface area contributed by atoms with Gasteiger partial charge in [-0.2, -0.15) is 0 Å². The van der Waals surface area contributed by atoms with E-state index >= 15 is 0 Å². The van der Waals surface area contributed by atoms with Crippen molar-refractivity contribution < 1.29 is 0 Å². The van der Waals surface area contributed by atoms with E-state index in [1.165, 1.54) is 134 Å². The third-order valence-corrected chi connectivity index (χ3v) is 9.63. The van der Waals surface area contributed by atoms with Crippen LogP contribution in [0.5, 0.6) is 0 Å². The van der Waals surface area contributed by atoms with E-state index in [2.05, 4.69) is 6.07 Å². The molecule has 4 aliphatic rings. The summed E-state index contributed by atoms with van der Waals surface area (Å²) in [5, 5.41) is 0. The lowest BCUT2D eigenvalue weighted by atomic mass is 9.68. The number of benzene rings is 1. The topological polar surface area (TPSA) is 26.0 Å². The minimum absolute atomic E-state index is 0.735. The monoisotopic (exact) mass is 421 g/mol. The van der Waals surface area contributed by atoms with Gasteiger partial charge in [-0.3, -0.25) is 0 Å². The molecule has 4 aliphatic carbocycles. The molecule has 0 spiro atoms. The smallest absolute Gasteiger partial charge is 0.0387 e. The number of rotatable bonds is 4. The molecule has 0 aromatic heterocycles. The summed E-state index contributed by atoms with van der Waals surface area (Å²) in [5.74, 6) is 3.09. The molecule has 172 valence electrons. The first-order valence-corrected chi connectivity index (χ1v) is 14.3. The van der Waals surface area contributed by atoms with Crippen LogP contribution < -0.4 is 5.73 Å². The number of anilines is 1. The molecule has 31 heavy (non-hydrogen) atoms. The van der Waals surface area contributed by atoms with Crippen molar-refractivity contribution in [3.05, 3.63) is 28.3 Å². The minimum Gasteiger partial charge on any atom is -0.398 e. The Balaban J connectivity index is 1.65. The Kier molecular flexibility index (Phi) is 7.26. The molecule has 0 bridgehead atoms. The maximum atomic E-state index is 7.25. The van der Waals surface area contributed by atoms with Gasteiger partial charge in [-0.25, -0.2) is 0 Å². The van der Waals surface area contributed by atoms with Crippen LogP contribution in [0.1, 0.15) is 174 Å². The van der Waals surface area contributed by atoms with Gasteiger partial charge in [0.25, 0.3) is 0 Å². The van der Waals surface area contributed by atoms with Gasteiger partial charge in [0.05, 0.1) is 0 Å². The van der Waals surface area contributed by atoms with Crippen LogP contribution in [0.2, 0.25) is 0 Å². The van der Waals surface area contributed by atoms with E-state index in [9.17, 15) is 0 Å². The molecule has 0 amide bonds. The summed E-state index contributed by atoms with van der Waals surface area (Å²) in [6, 6.07) is 2.72. The fraction of sp³-hybridized carbons (Fsp3) is 0.800. The van der Waals surface area contributed by atoms with Crippen LogP contribution in [0.3, 0.4) is 0 Å². The Labute approximate surface area is 192 Å². The first-order valence-electron chi connectivity index (χ1n) is 14.3. The second kappa shape index (κ2) is 10.3. The number of hydrogen-bond acceptors (Lipinski definition) is 1. The van der Waals surface area contributed by atoms with Crippen molar-refractivity contribution in [2.75, 3.05) is 5.73 Å². The van der Waals surface area contributed by atoms with Gasteiger partial charge < -0.3 is 5.73 Å². The first-order chi connectivity index (χ1) is 15.3. The maximum absolute atomic E-state index is 7.25. The number of nitrogens with two attached hydrogens (primary N) is 1.